The Kier molecular flexibility index (Phi) is 20.5. The summed E-state index contributed by atoms with van der Waals surface area (Å²) >= 11 is 0. The number of carbonyl (C=O) groups is 4. The normalized spacial score (nSPS) is 12.4. The first-order valence-electron chi connectivity index (χ1n) is 14.4. The molecule has 0 aromatic carbocycles. The fourth-order valence-electron chi connectivity index (χ4n) is 4.46. The summed E-state index contributed by atoms with van der Waals surface area (Å²) in [5, 5.41) is 18.7. The summed E-state index contributed by atoms with van der Waals surface area (Å²) in [6.07, 6.45) is 12.7. The Morgan fingerprint density at radius 3 is 1.44 bits per heavy atom. The number of hydrogen-bond acceptors (Lipinski definition) is 7. The number of Topliss-reactive ketones (excluding diaryl/α,β-unsaturated/α-hetero) is 2. The quantitative estimate of drug-likeness (QED) is 0.0924. The van der Waals surface area contributed by atoms with Crippen molar-refractivity contribution in [3.63, 3.8) is 0 Å². The third kappa shape index (κ3) is 13.1. The number of hydrogen-bond donors (Lipinski definition) is 2. The molecule has 0 bridgehead atoms. The molecule has 0 radical (unpaired) electrons. The molecule has 210 valence electrons. The summed E-state index contributed by atoms with van der Waals surface area (Å²) in [5.41, 5.74) is -2.02. The standard InChI is InChI=1S/C29H52O7/c1-4-7-10-13-16-19-22-29(25(32)20-17-14-11-8-5-2,26(33)21-18-15-12-9-6-3)28(35)36-27(34)24(31)23-30/h24,30-31H,4-23H2,1-3H3. The maximum Gasteiger partial charge on any atom is 0.345 e. The summed E-state index contributed by atoms with van der Waals surface area (Å²) in [6.45, 7) is 5.41. The van der Waals surface area contributed by atoms with Crippen LogP contribution in [0.3, 0.4) is 0 Å². The van der Waals surface area contributed by atoms with Crippen LogP contribution in [0.2, 0.25) is 0 Å². The molecule has 0 spiro atoms. The highest BCUT2D eigenvalue weighted by molar-refractivity contribution is 6.23. The van der Waals surface area contributed by atoms with Crippen LogP contribution >= 0.6 is 0 Å². The van der Waals surface area contributed by atoms with Crippen LogP contribution in [0, 0.1) is 5.41 Å². The molecule has 2 N–H and O–H groups in total. The van der Waals surface area contributed by atoms with Crippen molar-refractivity contribution in [2.75, 3.05) is 6.61 Å². The topological polar surface area (TPSA) is 118 Å². The smallest absolute Gasteiger partial charge is 0.345 e. The SMILES string of the molecule is CCCCCCCCC(C(=O)CCCCCCC)(C(=O)CCCCCCC)C(=O)OC(=O)C(O)CO. The van der Waals surface area contributed by atoms with Crippen molar-refractivity contribution in [2.24, 2.45) is 5.41 Å². The van der Waals surface area contributed by atoms with Crippen molar-refractivity contribution in [3.05, 3.63) is 0 Å². The van der Waals surface area contributed by atoms with Crippen molar-refractivity contribution in [1.29, 1.82) is 0 Å². The van der Waals surface area contributed by atoms with Crippen LogP contribution in [-0.4, -0.2) is 46.4 Å². The molecule has 7 nitrogen and oxygen atoms in total. The van der Waals surface area contributed by atoms with E-state index in [9.17, 15) is 24.3 Å². The van der Waals surface area contributed by atoms with Crippen molar-refractivity contribution in [1.82, 2.24) is 0 Å². The predicted octanol–water partition coefficient (Wildman–Crippen LogP) is 6.01. The number of unbranched alkanes of at least 4 members (excludes halogenated alkanes) is 13. The van der Waals surface area contributed by atoms with E-state index in [0.29, 0.717) is 19.3 Å². The Morgan fingerprint density at radius 2 is 1.03 bits per heavy atom. The molecule has 0 aliphatic carbocycles. The maximum atomic E-state index is 13.6. The van der Waals surface area contributed by atoms with Gasteiger partial charge in [0.15, 0.2) is 23.1 Å². The first kappa shape index (κ1) is 34.4. The van der Waals surface area contributed by atoms with Crippen LogP contribution < -0.4 is 0 Å². The minimum atomic E-state index is -2.02. The van der Waals surface area contributed by atoms with Gasteiger partial charge in [-0.2, -0.15) is 0 Å². The Labute approximate surface area is 218 Å². The zero-order valence-electron chi connectivity index (χ0n) is 23.2. The van der Waals surface area contributed by atoms with Gasteiger partial charge < -0.3 is 14.9 Å². The number of ketones is 2. The molecule has 0 aliphatic heterocycles. The lowest BCUT2D eigenvalue weighted by molar-refractivity contribution is -0.176. The van der Waals surface area contributed by atoms with Crippen LogP contribution in [0.5, 0.6) is 0 Å². The first-order chi connectivity index (χ1) is 17.3. The molecular weight excluding hydrogens is 460 g/mol. The van der Waals surface area contributed by atoms with E-state index in [2.05, 4.69) is 20.8 Å². The van der Waals surface area contributed by atoms with Crippen LogP contribution in [0.15, 0.2) is 0 Å². The fraction of sp³-hybridized carbons (Fsp3) is 0.862. The Hall–Kier alpha value is -1.60. The molecule has 0 amide bonds. The van der Waals surface area contributed by atoms with Gasteiger partial charge in [0, 0.05) is 12.8 Å². The minimum Gasteiger partial charge on any atom is -0.393 e. The van der Waals surface area contributed by atoms with E-state index < -0.39 is 41.6 Å². The van der Waals surface area contributed by atoms with E-state index in [1.165, 1.54) is 0 Å². The van der Waals surface area contributed by atoms with Crippen molar-refractivity contribution < 1.29 is 34.1 Å². The average molecular weight is 513 g/mol. The molecular formula is C29H52O7. The lowest BCUT2D eigenvalue weighted by Gasteiger charge is -2.29. The summed E-state index contributed by atoms with van der Waals surface area (Å²) < 4.78 is 4.87. The molecule has 1 unspecified atom stereocenters. The third-order valence-electron chi connectivity index (χ3n) is 6.86. The molecule has 0 heterocycles. The van der Waals surface area contributed by atoms with E-state index in [-0.39, 0.29) is 19.3 Å². The van der Waals surface area contributed by atoms with Crippen molar-refractivity contribution in [2.45, 2.75) is 149 Å². The van der Waals surface area contributed by atoms with Gasteiger partial charge in [0.05, 0.1) is 6.61 Å². The van der Waals surface area contributed by atoms with Crippen molar-refractivity contribution >= 4 is 23.5 Å². The van der Waals surface area contributed by atoms with Gasteiger partial charge in [-0.05, 0) is 19.3 Å². The molecule has 0 rings (SSSR count). The number of aliphatic hydroxyl groups excluding tert-OH is 2. The number of esters is 2. The van der Waals surface area contributed by atoms with Gasteiger partial charge in [-0.25, -0.2) is 9.59 Å². The first-order valence-corrected chi connectivity index (χ1v) is 14.4. The molecule has 0 saturated carbocycles. The second-order valence-electron chi connectivity index (χ2n) is 10.0. The predicted molar refractivity (Wildman–Crippen MR) is 141 cm³/mol. The fourth-order valence-corrected chi connectivity index (χ4v) is 4.46. The maximum absolute atomic E-state index is 13.6. The highest BCUT2D eigenvalue weighted by Crippen LogP contribution is 2.34. The lowest BCUT2D eigenvalue weighted by atomic mass is 9.72. The number of ether oxygens (including phenoxy) is 1. The van der Waals surface area contributed by atoms with E-state index in [4.69, 9.17) is 9.84 Å². The summed E-state index contributed by atoms with van der Waals surface area (Å²) in [4.78, 5) is 52.6. The lowest BCUT2D eigenvalue weighted by Crippen LogP contribution is -2.49. The number of rotatable bonds is 24. The highest BCUT2D eigenvalue weighted by atomic mass is 16.6. The molecule has 0 saturated heterocycles. The third-order valence-corrected chi connectivity index (χ3v) is 6.86. The molecule has 7 heteroatoms. The molecule has 0 aliphatic rings. The average Bonchev–Trinajstić information content (AvgIpc) is 2.87. The molecule has 36 heavy (non-hydrogen) atoms. The van der Waals surface area contributed by atoms with Gasteiger partial charge in [0.1, 0.15) is 0 Å². The summed E-state index contributed by atoms with van der Waals surface area (Å²) in [6, 6.07) is 0. The summed E-state index contributed by atoms with van der Waals surface area (Å²) in [7, 11) is 0. The van der Waals surface area contributed by atoms with Gasteiger partial charge in [-0.15, -0.1) is 0 Å². The molecule has 0 aromatic heterocycles. The number of carbonyl (C=O) groups excluding carboxylic acids is 4. The number of aliphatic hydroxyl groups is 2. The van der Waals surface area contributed by atoms with Gasteiger partial charge in [-0.3, -0.25) is 9.59 Å². The minimum absolute atomic E-state index is 0.0159. The Bertz CT molecular complexity index is 603. The van der Waals surface area contributed by atoms with E-state index in [1.807, 2.05) is 0 Å². The van der Waals surface area contributed by atoms with Crippen LogP contribution in [0.4, 0.5) is 0 Å². The van der Waals surface area contributed by atoms with E-state index in [1.54, 1.807) is 0 Å². The highest BCUT2D eigenvalue weighted by Gasteiger charge is 2.52. The summed E-state index contributed by atoms with van der Waals surface area (Å²) in [5.74, 6) is -3.49. The second kappa shape index (κ2) is 21.5. The van der Waals surface area contributed by atoms with Crippen LogP contribution in [-0.2, 0) is 23.9 Å². The van der Waals surface area contributed by atoms with Gasteiger partial charge in [-0.1, -0.05) is 111 Å². The van der Waals surface area contributed by atoms with Crippen molar-refractivity contribution in [3.8, 4) is 0 Å². The largest absolute Gasteiger partial charge is 0.393 e. The Balaban J connectivity index is 5.76. The van der Waals surface area contributed by atoms with E-state index >= 15 is 0 Å². The molecule has 0 aromatic rings. The van der Waals surface area contributed by atoms with Gasteiger partial charge in [0.2, 0.25) is 0 Å². The van der Waals surface area contributed by atoms with Crippen LogP contribution in [0.25, 0.3) is 0 Å². The van der Waals surface area contributed by atoms with Gasteiger partial charge in [0.25, 0.3) is 0 Å². The molecule has 1 atom stereocenters. The monoisotopic (exact) mass is 512 g/mol. The zero-order chi connectivity index (χ0) is 27.2. The van der Waals surface area contributed by atoms with E-state index in [0.717, 1.165) is 83.5 Å². The Morgan fingerprint density at radius 1 is 0.639 bits per heavy atom. The zero-order valence-corrected chi connectivity index (χ0v) is 23.2. The van der Waals surface area contributed by atoms with Gasteiger partial charge >= 0.3 is 11.9 Å². The second-order valence-corrected chi connectivity index (χ2v) is 10.0. The van der Waals surface area contributed by atoms with Crippen LogP contribution in [0.1, 0.15) is 143 Å². The molecule has 0 fully saturated rings.